The zero-order chi connectivity index (χ0) is 27.3. The molecule has 210 valence electrons. The molecule has 0 spiro atoms. The zero-order valence-corrected chi connectivity index (χ0v) is 25.0. The second-order valence-electron chi connectivity index (χ2n) is 10.0. The third-order valence-electron chi connectivity index (χ3n) is 6.52. The summed E-state index contributed by atoms with van der Waals surface area (Å²) in [5.74, 6) is 2.68. The molecular formula is C34H50O3S. The standard InChI is InChI=1S/C34H50O3S/c1-4-7-9-11-13-15-25-36-33-24-18-29(28-34(33)37-26-16-14-12-10-8-5-2)17-23-32(35)30-19-21-31(22-20-30)38-27-6-3/h17-24,28H,4-16,25-27H2,1-3H3/b23-17+. The molecule has 0 heterocycles. The fourth-order valence-corrected chi connectivity index (χ4v) is 4.96. The SMILES string of the molecule is CCCCCCCCOc1ccc(/C=C/C(=O)c2ccc(SCCC)cc2)cc1OCCCCCCCC. The first-order valence-electron chi connectivity index (χ1n) is 15.0. The Balaban J connectivity index is 1.96. The fraction of sp³-hybridized carbons (Fsp3) is 0.559. The van der Waals surface area contributed by atoms with E-state index >= 15 is 0 Å². The predicted octanol–water partition coefficient (Wildman–Crippen LogP) is 10.6. The lowest BCUT2D eigenvalue weighted by Gasteiger charge is -2.14. The molecule has 0 aliphatic rings. The van der Waals surface area contributed by atoms with Crippen LogP contribution in [0, 0.1) is 0 Å². The first-order chi connectivity index (χ1) is 18.7. The highest BCUT2D eigenvalue weighted by Crippen LogP contribution is 2.30. The van der Waals surface area contributed by atoms with Crippen LogP contribution in [-0.2, 0) is 0 Å². The lowest BCUT2D eigenvalue weighted by molar-refractivity contribution is 0.104. The number of ketones is 1. The van der Waals surface area contributed by atoms with Crippen molar-refractivity contribution in [3.8, 4) is 11.5 Å². The quantitative estimate of drug-likeness (QED) is 0.0646. The van der Waals surface area contributed by atoms with Gasteiger partial charge >= 0.3 is 0 Å². The van der Waals surface area contributed by atoms with Crippen molar-refractivity contribution in [1.29, 1.82) is 0 Å². The Bertz CT molecular complexity index is 920. The van der Waals surface area contributed by atoms with Gasteiger partial charge in [0.2, 0.25) is 0 Å². The Morgan fingerprint density at radius 2 is 1.26 bits per heavy atom. The molecule has 0 saturated carbocycles. The van der Waals surface area contributed by atoms with Crippen LogP contribution in [-0.4, -0.2) is 24.7 Å². The van der Waals surface area contributed by atoms with Crippen LogP contribution in [0.2, 0.25) is 0 Å². The van der Waals surface area contributed by atoms with E-state index in [1.54, 1.807) is 6.08 Å². The number of carbonyl (C=O) groups is 1. The maximum atomic E-state index is 12.7. The van der Waals surface area contributed by atoms with Crippen LogP contribution < -0.4 is 9.47 Å². The molecule has 2 aromatic carbocycles. The average molecular weight is 539 g/mol. The van der Waals surface area contributed by atoms with Gasteiger partial charge in [-0.15, -0.1) is 11.8 Å². The van der Waals surface area contributed by atoms with Crippen molar-refractivity contribution < 1.29 is 14.3 Å². The van der Waals surface area contributed by atoms with Crippen molar-refractivity contribution in [3.05, 3.63) is 59.7 Å². The lowest BCUT2D eigenvalue weighted by Crippen LogP contribution is -2.03. The molecule has 2 aromatic rings. The van der Waals surface area contributed by atoms with E-state index in [-0.39, 0.29) is 5.78 Å². The molecule has 0 aromatic heterocycles. The minimum absolute atomic E-state index is 0.00925. The first kappa shape index (κ1) is 32.0. The van der Waals surface area contributed by atoms with E-state index in [9.17, 15) is 4.79 Å². The fourth-order valence-electron chi connectivity index (χ4n) is 4.19. The van der Waals surface area contributed by atoms with Gasteiger partial charge in [-0.1, -0.05) is 97.1 Å². The summed E-state index contributed by atoms with van der Waals surface area (Å²) in [6.07, 6.45) is 19.5. The number of rotatable bonds is 22. The van der Waals surface area contributed by atoms with Crippen LogP contribution in [0.15, 0.2) is 53.4 Å². The minimum Gasteiger partial charge on any atom is -0.490 e. The van der Waals surface area contributed by atoms with E-state index in [1.807, 2.05) is 60.3 Å². The van der Waals surface area contributed by atoms with E-state index in [2.05, 4.69) is 20.8 Å². The van der Waals surface area contributed by atoms with E-state index in [4.69, 9.17) is 9.47 Å². The van der Waals surface area contributed by atoms with Crippen molar-refractivity contribution in [2.45, 2.75) is 109 Å². The van der Waals surface area contributed by atoms with Gasteiger partial charge in [-0.25, -0.2) is 0 Å². The summed E-state index contributed by atoms with van der Waals surface area (Å²) in [5, 5.41) is 0. The van der Waals surface area contributed by atoms with Crippen molar-refractivity contribution in [2.24, 2.45) is 0 Å². The van der Waals surface area contributed by atoms with E-state index in [0.717, 1.165) is 42.1 Å². The summed E-state index contributed by atoms with van der Waals surface area (Å²) in [5.41, 5.74) is 1.65. The summed E-state index contributed by atoms with van der Waals surface area (Å²) in [6, 6.07) is 13.9. The van der Waals surface area contributed by atoms with Crippen molar-refractivity contribution in [3.63, 3.8) is 0 Å². The first-order valence-corrected chi connectivity index (χ1v) is 16.0. The van der Waals surface area contributed by atoms with Crippen LogP contribution in [0.4, 0.5) is 0 Å². The number of unbranched alkanes of at least 4 members (excludes halogenated alkanes) is 10. The average Bonchev–Trinajstić information content (AvgIpc) is 2.94. The van der Waals surface area contributed by atoms with Crippen LogP contribution in [0.3, 0.4) is 0 Å². The van der Waals surface area contributed by atoms with Gasteiger partial charge in [-0.05, 0) is 73.1 Å². The van der Waals surface area contributed by atoms with Gasteiger partial charge in [0.05, 0.1) is 13.2 Å². The third kappa shape index (κ3) is 13.6. The molecule has 0 amide bonds. The van der Waals surface area contributed by atoms with Crippen molar-refractivity contribution in [1.82, 2.24) is 0 Å². The molecule has 0 unspecified atom stereocenters. The number of benzene rings is 2. The van der Waals surface area contributed by atoms with Crippen LogP contribution in [0.25, 0.3) is 6.08 Å². The summed E-state index contributed by atoms with van der Waals surface area (Å²) in [7, 11) is 0. The normalized spacial score (nSPS) is 11.2. The molecule has 38 heavy (non-hydrogen) atoms. The highest BCUT2D eigenvalue weighted by molar-refractivity contribution is 7.99. The summed E-state index contributed by atoms with van der Waals surface area (Å²) in [6.45, 7) is 8.06. The van der Waals surface area contributed by atoms with Gasteiger partial charge in [0, 0.05) is 10.5 Å². The number of ether oxygens (including phenoxy) is 2. The largest absolute Gasteiger partial charge is 0.490 e. The molecule has 0 aliphatic carbocycles. The van der Waals surface area contributed by atoms with Gasteiger partial charge in [-0.3, -0.25) is 4.79 Å². The van der Waals surface area contributed by atoms with Crippen molar-refractivity contribution >= 4 is 23.6 Å². The highest BCUT2D eigenvalue weighted by atomic mass is 32.2. The van der Waals surface area contributed by atoms with Gasteiger partial charge in [0.25, 0.3) is 0 Å². The Labute approximate surface area is 236 Å². The second-order valence-corrected chi connectivity index (χ2v) is 11.2. The monoisotopic (exact) mass is 538 g/mol. The number of carbonyl (C=O) groups excluding carboxylic acids is 1. The van der Waals surface area contributed by atoms with Gasteiger partial charge in [0.15, 0.2) is 17.3 Å². The number of allylic oxidation sites excluding steroid dienone is 1. The smallest absolute Gasteiger partial charge is 0.185 e. The number of hydrogen-bond acceptors (Lipinski definition) is 4. The van der Waals surface area contributed by atoms with Crippen molar-refractivity contribution in [2.75, 3.05) is 19.0 Å². The molecule has 2 rings (SSSR count). The molecule has 0 N–H and O–H groups in total. The van der Waals surface area contributed by atoms with Crippen LogP contribution >= 0.6 is 11.8 Å². The minimum atomic E-state index is 0.00925. The van der Waals surface area contributed by atoms with Crippen LogP contribution in [0.1, 0.15) is 120 Å². The van der Waals surface area contributed by atoms with Crippen LogP contribution in [0.5, 0.6) is 11.5 Å². The van der Waals surface area contributed by atoms with E-state index < -0.39 is 0 Å². The topological polar surface area (TPSA) is 35.5 Å². The lowest BCUT2D eigenvalue weighted by atomic mass is 10.1. The summed E-state index contributed by atoms with van der Waals surface area (Å²) in [4.78, 5) is 13.9. The summed E-state index contributed by atoms with van der Waals surface area (Å²) < 4.78 is 12.3. The molecule has 0 atom stereocenters. The summed E-state index contributed by atoms with van der Waals surface area (Å²) >= 11 is 1.82. The molecule has 0 radical (unpaired) electrons. The van der Waals surface area contributed by atoms with E-state index in [1.165, 1.54) is 69.1 Å². The van der Waals surface area contributed by atoms with Gasteiger partial charge in [0.1, 0.15) is 0 Å². The third-order valence-corrected chi connectivity index (χ3v) is 7.74. The number of thioether (sulfide) groups is 1. The molecule has 0 aliphatic heterocycles. The maximum Gasteiger partial charge on any atom is 0.185 e. The Morgan fingerprint density at radius 1 is 0.684 bits per heavy atom. The molecule has 4 heteroatoms. The highest BCUT2D eigenvalue weighted by Gasteiger charge is 2.08. The Morgan fingerprint density at radius 3 is 1.87 bits per heavy atom. The van der Waals surface area contributed by atoms with Gasteiger partial charge < -0.3 is 9.47 Å². The molecule has 0 fully saturated rings. The zero-order valence-electron chi connectivity index (χ0n) is 24.1. The molecule has 0 bridgehead atoms. The maximum absolute atomic E-state index is 12.7. The predicted molar refractivity (Wildman–Crippen MR) is 165 cm³/mol. The van der Waals surface area contributed by atoms with Gasteiger partial charge in [-0.2, -0.15) is 0 Å². The number of hydrogen-bond donors (Lipinski definition) is 0. The Hall–Kier alpha value is -2.20. The van der Waals surface area contributed by atoms with E-state index in [0.29, 0.717) is 18.8 Å². The molecular weight excluding hydrogens is 488 g/mol. The Kier molecular flexibility index (Phi) is 17.5. The molecule has 0 saturated heterocycles. The second kappa shape index (κ2) is 20.7. The molecule has 3 nitrogen and oxygen atoms in total.